The molecule has 0 saturated carbocycles. The Morgan fingerprint density at radius 3 is 2.82 bits per heavy atom. The number of hydrogen-bond acceptors (Lipinski definition) is 3. The molecule has 0 aliphatic carbocycles. The summed E-state index contributed by atoms with van der Waals surface area (Å²) in [6.45, 7) is 3.53. The monoisotopic (exact) mass is 297 g/mol. The van der Waals surface area contributed by atoms with Gasteiger partial charge in [0.25, 0.3) is 0 Å². The van der Waals surface area contributed by atoms with Crippen molar-refractivity contribution < 1.29 is 0 Å². The van der Waals surface area contributed by atoms with Gasteiger partial charge in [-0.1, -0.05) is 0 Å². The highest BCUT2D eigenvalue weighted by Gasteiger charge is 2.12. The zero-order valence-electron chi connectivity index (χ0n) is 10.2. The first-order valence-corrected chi connectivity index (χ1v) is 6.25. The summed E-state index contributed by atoms with van der Waals surface area (Å²) in [6.07, 6.45) is 3.81. The molecule has 0 radical (unpaired) electrons. The molecule has 6 heteroatoms. The van der Waals surface area contributed by atoms with E-state index < -0.39 is 0 Å². The van der Waals surface area contributed by atoms with Crippen LogP contribution in [0.1, 0.15) is 17.2 Å². The van der Waals surface area contributed by atoms with E-state index in [1.54, 1.807) is 0 Å². The fourth-order valence-corrected chi connectivity index (χ4v) is 2.28. The molecule has 17 heavy (non-hydrogen) atoms. The number of rotatable bonds is 4. The molecule has 92 valence electrons. The molecule has 0 atom stereocenters. The van der Waals surface area contributed by atoms with Gasteiger partial charge in [0.1, 0.15) is 5.82 Å². The van der Waals surface area contributed by atoms with Crippen molar-refractivity contribution in [1.29, 1.82) is 0 Å². The molecule has 0 spiro atoms. The van der Waals surface area contributed by atoms with Gasteiger partial charge in [-0.2, -0.15) is 5.10 Å². The molecule has 2 rings (SSSR count). The first-order valence-electron chi connectivity index (χ1n) is 5.46. The minimum absolute atomic E-state index is 0.765. The number of halogens is 1. The summed E-state index contributed by atoms with van der Waals surface area (Å²) in [5, 5.41) is 7.50. The average Bonchev–Trinajstić information content (AvgIpc) is 2.81. The van der Waals surface area contributed by atoms with Crippen LogP contribution in [0.15, 0.2) is 16.9 Å². The Morgan fingerprint density at radius 2 is 2.24 bits per heavy atom. The first-order chi connectivity index (χ1) is 8.13. The summed E-state index contributed by atoms with van der Waals surface area (Å²) in [5.41, 5.74) is 2.16. The van der Waals surface area contributed by atoms with Crippen molar-refractivity contribution in [2.75, 3.05) is 7.05 Å². The van der Waals surface area contributed by atoms with Gasteiger partial charge in [0.15, 0.2) is 0 Å². The van der Waals surface area contributed by atoms with Crippen LogP contribution in [-0.2, 0) is 20.1 Å². The summed E-state index contributed by atoms with van der Waals surface area (Å²) >= 11 is 3.58. The second-order valence-corrected chi connectivity index (χ2v) is 4.76. The molecule has 0 amide bonds. The molecule has 0 aliphatic rings. The topological polar surface area (TPSA) is 47.7 Å². The third kappa shape index (κ3) is 2.42. The van der Waals surface area contributed by atoms with E-state index in [4.69, 9.17) is 0 Å². The molecule has 0 unspecified atom stereocenters. The lowest BCUT2D eigenvalue weighted by molar-refractivity contribution is 0.624. The molecular formula is C11H16BrN5. The van der Waals surface area contributed by atoms with Crippen molar-refractivity contribution in [3.8, 4) is 0 Å². The Kier molecular flexibility index (Phi) is 3.63. The quantitative estimate of drug-likeness (QED) is 0.929. The zero-order valence-corrected chi connectivity index (χ0v) is 11.8. The van der Waals surface area contributed by atoms with Crippen LogP contribution in [-0.4, -0.2) is 26.4 Å². The standard InChI is InChI=1S/C11H16BrN5/c1-8-11(12)9(16(3)15-8)7-17-5-4-14-10(17)6-13-2/h4-5,13H,6-7H2,1-3H3. The fraction of sp³-hybridized carbons (Fsp3) is 0.455. The molecule has 2 aromatic rings. The molecule has 2 aromatic heterocycles. The largest absolute Gasteiger partial charge is 0.328 e. The van der Waals surface area contributed by atoms with Gasteiger partial charge >= 0.3 is 0 Å². The van der Waals surface area contributed by atoms with Gasteiger partial charge in [0.05, 0.1) is 29.0 Å². The van der Waals surface area contributed by atoms with E-state index >= 15 is 0 Å². The van der Waals surface area contributed by atoms with Crippen molar-refractivity contribution in [1.82, 2.24) is 24.6 Å². The summed E-state index contributed by atoms with van der Waals surface area (Å²) in [5.74, 6) is 1.03. The van der Waals surface area contributed by atoms with Crippen LogP contribution in [0, 0.1) is 6.92 Å². The highest BCUT2D eigenvalue weighted by Crippen LogP contribution is 2.21. The Hall–Kier alpha value is -1.14. The third-order valence-corrected chi connectivity index (χ3v) is 3.75. The van der Waals surface area contributed by atoms with Gasteiger partial charge in [0, 0.05) is 19.4 Å². The van der Waals surface area contributed by atoms with Crippen LogP contribution in [0.2, 0.25) is 0 Å². The SMILES string of the molecule is CNCc1nccn1Cc1c(Br)c(C)nn1C. The molecule has 0 fully saturated rings. The van der Waals surface area contributed by atoms with Crippen LogP contribution >= 0.6 is 15.9 Å². The van der Waals surface area contributed by atoms with Crippen molar-refractivity contribution in [2.24, 2.45) is 7.05 Å². The van der Waals surface area contributed by atoms with Crippen LogP contribution in [0.3, 0.4) is 0 Å². The number of nitrogens with one attached hydrogen (secondary N) is 1. The summed E-state index contributed by atoms with van der Waals surface area (Å²) < 4.78 is 5.10. The van der Waals surface area contributed by atoms with Gasteiger partial charge in [0.2, 0.25) is 0 Å². The number of nitrogens with zero attached hydrogens (tertiary/aromatic N) is 4. The highest BCUT2D eigenvalue weighted by molar-refractivity contribution is 9.10. The van der Waals surface area contributed by atoms with Gasteiger partial charge in [-0.15, -0.1) is 0 Å². The predicted molar refractivity (Wildman–Crippen MR) is 69.7 cm³/mol. The number of aryl methyl sites for hydroxylation is 2. The Labute approximate surface area is 109 Å². The zero-order chi connectivity index (χ0) is 12.4. The molecule has 0 saturated heterocycles. The van der Waals surface area contributed by atoms with Crippen molar-refractivity contribution in [2.45, 2.75) is 20.0 Å². The van der Waals surface area contributed by atoms with Gasteiger partial charge in [-0.3, -0.25) is 4.68 Å². The van der Waals surface area contributed by atoms with E-state index in [-0.39, 0.29) is 0 Å². The second-order valence-electron chi connectivity index (χ2n) is 3.97. The van der Waals surface area contributed by atoms with Crippen molar-refractivity contribution in [3.63, 3.8) is 0 Å². The lowest BCUT2D eigenvalue weighted by atomic mass is 10.3. The van der Waals surface area contributed by atoms with Gasteiger partial charge in [-0.25, -0.2) is 4.98 Å². The predicted octanol–water partition coefficient (Wildman–Crippen LogP) is 1.46. The minimum Gasteiger partial charge on any atom is -0.328 e. The fourth-order valence-electron chi connectivity index (χ4n) is 1.82. The molecule has 1 N–H and O–H groups in total. The molecule has 2 heterocycles. The number of imidazole rings is 1. The van der Waals surface area contributed by atoms with E-state index in [2.05, 4.69) is 35.9 Å². The Bertz CT molecular complexity index is 514. The minimum atomic E-state index is 0.765. The van der Waals surface area contributed by atoms with Gasteiger partial charge in [-0.05, 0) is 29.9 Å². The highest BCUT2D eigenvalue weighted by atomic mass is 79.9. The summed E-state index contributed by atoms with van der Waals surface area (Å²) in [4.78, 5) is 4.32. The first kappa shape index (κ1) is 12.3. The Balaban J connectivity index is 2.28. The van der Waals surface area contributed by atoms with Gasteiger partial charge < -0.3 is 9.88 Å². The smallest absolute Gasteiger partial charge is 0.123 e. The molecule has 0 bridgehead atoms. The van der Waals surface area contributed by atoms with Crippen LogP contribution in [0.25, 0.3) is 0 Å². The van der Waals surface area contributed by atoms with Crippen molar-refractivity contribution in [3.05, 3.63) is 34.1 Å². The molecule has 5 nitrogen and oxygen atoms in total. The molecule has 0 aliphatic heterocycles. The van der Waals surface area contributed by atoms with Crippen molar-refractivity contribution >= 4 is 15.9 Å². The van der Waals surface area contributed by atoms with Crippen LogP contribution in [0.5, 0.6) is 0 Å². The summed E-state index contributed by atoms with van der Waals surface area (Å²) in [6, 6.07) is 0. The van der Waals surface area contributed by atoms with E-state index in [1.165, 1.54) is 0 Å². The van der Waals surface area contributed by atoms with Crippen LogP contribution < -0.4 is 5.32 Å². The molecule has 0 aromatic carbocycles. The maximum Gasteiger partial charge on any atom is 0.123 e. The maximum absolute atomic E-state index is 4.39. The molecular weight excluding hydrogens is 282 g/mol. The van der Waals surface area contributed by atoms with E-state index in [0.717, 1.165) is 34.8 Å². The Morgan fingerprint density at radius 1 is 1.47 bits per heavy atom. The van der Waals surface area contributed by atoms with Crippen LogP contribution in [0.4, 0.5) is 0 Å². The second kappa shape index (κ2) is 5.01. The number of hydrogen-bond donors (Lipinski definition) is 1. The van der Waals surface area contributed by atoms with E-state index in [1.807, 2.05) is 38.1 Å². The van der Waals surface area contributed by atoms with E-state index in [0.29, 0.717) is 0 Å². The third-order valence-electron chi connectivity index (χ3n) is 2.72. The lowest BCUT2D eigenvalue weighted by Crippen LogP contribution is -2.14. The van der Waals surface area contributed by atoms with E-state index in [9.17, 15) is 0 Å². The normalized spacial score (nSPS) is 11.1. The number of aromatic nitrogens is 4. The maximum atomic E-state index is 4.39. The lowest BCUT2D eigenvalue weighted by Gasteiger charge is -2.08. The summed E-state index contributed by atoms with van der Waals surface area (Å²) in [7, 11) is 3.88. The average molecular weight is 298 g/mol.